The largest absolute Gasteiger partial charge is 0.493 e. The van der Waals surface area contributed by atoms with E-state index in [1.54, 1.807) is 36.4 Å². The summed E-state index contributed by atoms with van der Waals surface area (Å²) in [4.78, 5) is 10.7. The fraction of sp³-hybridized carbons (Fsp3) is 0.0588. The number of para-hydroxylation sites is 2. The Morgan fingerprint density at radius 3 is 2.48 bits per heavy atom. The molecule has 0 saturated heterocycles. The first-order valence-electron chi connectivity index (χ1n) is 6.81. The highest BCUT2D eigenvalue weighted by molar-refractivity contribution is 5.64. The van der Waals surface area contributed by atoms with Crippen LogP contribution in [0.5, 0.6) is 17.2 Å². The molecule has 6 heteroatoms. The highest BCUT2D eigenvalue weighted by atomic mass is 16.6. The Morgan fingerprint density at radius 2 is 1.83 bits per heavy atom. The fourth-order valence-corrected chi connectivity index (χ4v) is 2.16. The third-order valence-electron chi connectivity index (χ3n) is 3.20. The molecule has 0 fully saturated rings. The molecule has 3 rings (SSSR count). The lowest BCUT2D eigenvalue weighted by Gasteiger charge is -2.10. The molecular weight excluding hydrogens is 298 g/mol. The molecule has 0 amide bonds. The van der Waals surface area contributed by atoms with Crippen molar-refractivity contribution in [3.8, 4) is 28.6 Å². The fourth-order valence-electron chi connectivity index (χ4n) is 2.16. The van der Waals surface area contributed by atoms with Crippen LogP contribution < -0.4 is 9.47 Å². The molecular formula is C17H13NO5. The first-order chi connectivity index (χ1) is 11.2. The van der Waals surface area contributed by atoms with Gasteiger partial charge in [-0.25, -0.2) is 0 Å². The van der Waals surface area contributed by atoms with E-state index in [0.717, 1.165) is 0 Å². The van der Waals surface area contributed by atoms with Crippen LogP contribution in [0.3, 0.4) is 0 Å². The zero-order valence-electron chi connectivity index (χ0n) is 12.3. The van der Waals surface area contributed by atoms with Gasteiger partial charge < -0.3 is 13.9 Å². The maximum absolute atomic E-state index is 11.1. The molecule has 0 atom stereocenters. The van der Waals surface area contributed by atoms with E-state index in [0.29, 0.717) is 28.6 Å². The summed E-state index contributed by atoms with van der Waals surface area (Å²) in [5.74, 6) is 1.87. The van der Waals surface area contributed by atoms with E-state index >= 15 is 0 Å². The number of methoxy groups -OCH3 is 1. The summed E-state index contributed by atoms with van der Waals surface area (Å²) >= 11 is 0. The lowest BCUT2D eigenvalue weighted by atomic mass is 10.1. The lowest BCUT2D eigenvalue weighted by Crippen LogP contribution is -1.93. The number of nitro benzene ring substituents is 1. The molecule has 23 heavy (non-hydrogen) atoms. The number of hydrogen-bond acceptors (Lipinski definition) is 5. The minimum atomic E-state index is -0.471. The van der Waals surface area contributed by atoms with Crippen molar-refractivity contribution in [1.29, 1.82) is 0 Å². The van der Waals surface area contributed by atoms with Crippen molar-refractivity contribution in [2.24, 2.45) is 0 Å². The predicted octanol–water partition coefficient (Wildman–Crippen LogP) is 4.66. The van der Waals surface area contributed by atoms with Gasteiger partial charge in [0.25, 0.3) is 5.69 Å². The van der Waals surface area contributed by atoms with Crippen molar-refractivity contribution < 1.29 is 18.8 Å². The second kappa shape index (κ2) is 6.23. The third-order valence-corrected chi connectivity index (χ3v) is 3.20. The number of rotatable bonds is 5. The van der Waals surface area contributed by atoms with E-state index in [2.05, 4.69) is 0 Å². The van der Waals surface area contributed by atoms with Gasteiger partial charge in [-0.3, -0.25) is 10.1 Å². The SMILES string of the molecule is COc1ccccc1Oc1cc(-c2ccco2)cc([N+](=O)[O-])c1. The summed E-state index contributed by atoms with van der Waals surface area (Å²) < 4.78 is 16.3. The van der Waals surface area contributed by atoms with Crippen LogP contribution in [0.25, 0.3) is 11.3 Å². The summed E-state index contributed by atoms with van der Waals surface area (Å²) in [6.07, 6.45) is 1.51. The Hall–Kier alpha value is -3.28. The van der Waals surface area contributed by atoms with Gasteiger partial charge in [-0.1, -0.05) is 12.1 Å². The molecule has 0 aliphatic carbocycles. The molecule has 0 aliphatic heterocycles. The molecule has 1 aromatic heterocycles. The van der Waals surface area contributed by atoms with Crippen LogP contribution in [-0.4, -0.2) is 12.0 Å². The Balaban J connectivity index is 2.03. The number of furan rings is 1. The molecule has 0 bridgehead atoms. The zero-order valence-corrected chi connectivity index (χ0v) is 12.3. The first-order valence-corrected chi connectivity index (χ1v) is 6.81. The van der Waals surface area contributed by atoms with Gasteiger partial charge in [0.05, 0.1) is 24.4 Å². The van der Waals surface area contributed by atoms with Gasteiger partial charge in [-0.15, -0.1) is 0 Å². The number of ether oxygens (including phenoxy) is 2. The van der Waals surface area contributed by atoms with Gasteiger partial charge in [-0.05, 0) is 30.3 Å². The predicted molar refractivity (Wildman–Crippen MR) is 83.9 cm³/mol. The quantitative estimate of drug-likeness (QED) is 0.506. The van der Waals surface area contributed by atoms with Crippen LogP contribution in [0.15, 0.2) is 65.3 Å². The Morgan fingerprint density at radius 1 is 1.04 bits per heavy atom. The molecule has 3 aromatic rings. The Labute approximate surface area is 132 Å². The van der Waals surface area contributed by atoms with Gasteiger partial charge in [-0.2, -0.15) is 0 Å². The van der Waals surface area contributed by atoms with E-state index in [1.165, 1.54) is 25.5 Å². The number of nitrogens with zero attached hydrogens (tertiary/aromatic N) is 1. The Kier molecular flexibility index (Phi) is 3.97. The minimum absolute atomic E-state index is 0.0798. The topological polar surface area (TPSA) is 74.7 Å². The molecule has 0 N–H and O–H groups in total. The summed E-state index contributed by atoms with van der Waals surface area (Å²) in [5, 5.41) is 11.1. The molecule has 0 unspecified atom stereocenters. The molecule has 0 radical (unpaired) electrons. The maximum atomic E-state index is 11.1. The number of nitro groups is 1. The maximum Gasteiger partial charge on any atom is 0.273 e. The number of hydrogen-bond donors (Lipinski definition) is 0. The molecule has 116 valence electrons. The van der Waals surface area contributed by atoms with Gasteiger partial charge in [0.15, 0.2) is 11.5 Å². The van der Waals surface area contributed by atoms with Crippen LogP contribution in [0.4, 0.5) is 5.69 Å². The first kappa shape index (κ1) is 14.6. The van der Waals surface area contributed by atoms with Gasteiger partial charge in [0.1, 0.15) is 11.5 Å². The van der Waals surface area contributed by atoms with Crippen molar-refractivity contribution in [3.63, 3.8) is 0 Å². The van der Waals surface area contributed by atoms with Crippen molar-refractivity contribution in [2.45, 2.75) is 0 Å². The molecule has 2 aromatic carbocycles. The van der Waals surface area contributed by atoms with E-state index < -0.39 is 4.92 Å². The van der Waals surface area contributed by atoms with Crippen LogP contribution in [0.1, 0.15) is 0 Å². The third kappa shape index (κ3) is 3.16. The highest BCUT2D eigenvalue weighted by Crippen LogP contribution is 2.35. The molecule has 0 aliphatic rings. The smallest absolute Gasteiger partial charge is 0.273 e. The van der Waals surface area contributed by atoms with E-state index in [1.807, 2.05) is 6.07 Å². The Bertz CT molecular complexity index is 827. The second-order valence-electron chi connectivity index (χ2n) is 4.70. The van der Waals surface area contributed by atoms with Gasteiger partial charge in [0.2, 0.25) is 0 Å². The minimum Gasteiger partial charge on any atom is -0.493 e. The molecule has 1 heterocycles. The lowest BCUT2D eigenvalue weighted by molar-refractivity contribution is -0.384. The summed E-state index contributed by atoms with van der Waals surface area (Å²) in [6.45, 7) is 0. The van der Waals surface area contributed by atoms with Crippen LogP contribution >= 0.6 is 0 Å². The second-order valence-corrected chi connectivity index (χ2v) is 4.70. The van der Waals surface area contributed by atoms with Crippen molar-refractivity contribution in [2.75, 3.05) is 7.11 Å². The monoisotopic (exact) mass is 311 g/mol. The van der Waals surface area contributed by atoms with Gasteiger partial charge in [0, 0.05) is 11.6 Å². The summed E-state index contributed by atoms with van der Waals surface area (Å²) in [7, 11) is 1.53. The summed E-state index contributed by atoms with van der Waals surface area (Å²) in [5.41, 5.74) is 0.484. The average Bonchev–Trinajstić information content (AvgIpc) is 3.09. The highest BCUT2D eigenvalue weighted by Gasteiger charge is 2.14. The average molecular weight is 311 g/mol. The van der Waals surface area contributed by atoms with Crippen LogP contribution in [0.2, 0.25) is 0 Å². The van der Waals surface area contributed by atoms with E-state index in [-0.39, 0.29) is 5.69 Å². The molecule has 0 saturated carbocycles. The number of non-ortho nitro benzene ring substituents is 1. The standard InChI is InChI=1S/C17H13NO5/c1-21-16-5-2-3-6-17(16)23-14-10-12(15-7-4-8-22-15)9-13(11-14)18(19)20/h2-11H,1H3. The molecule has 6 nitrogen and oxygen atoms in total. The van der Waals surface area contributed by atoms with Crippen molar-refractivity contribution >= 4 is 5.69 Å². The zero-order chi connectivity index (χ0) is 16.2. The molecule has 0 spiro atoms. The summed E-state index contributed by atoms with van der Waals surface area (Å²) in [6, 6.07) is 15.0. The van der Waals surface area contributed by atoms with Gasteiger partial charge >= 0.3 is 0 Å². The van der Waals surface area contributed by atoms with E-state index in [4.69, 9.17) is 13.9 Å². The van der Waals surface area contributed by atoms with Crippen molar-refractivity contribution in [3.05, 3.63) is 71.0 Å². The van der Waals surface area contributed by atoms with Crippen molar-refractivity contribution in [1.82, 2.24) is 0 Å². The van der Waals surface area contributed by atoms with Crippen LogP contribution in [0, 0.1) is 10.1 Å². The number of benzene rings is 2. The normalized spacial score (nSPS) is 10.3. The van der Waals surface area contributed by atoms with E-state index in [9.17, 15) is 10.1 Å². The van der Waals surface area contributed by atoms with Crippen LogP contribution in [-0.2, 0) is 0 Å².